The number of hydrogen-bond donors (Lipinski definition) is 1. The number of nitrogens with one attached hydrogen (secondary N) is 1. The van der Waals surface area contributed by atoms with Crippen molar-refractivity contribution in [3.63, 3.8) is 0 Å². The molecule has 1 N–H and O–H groups in total. The summed E-state index contributed by atoms with van der Waals surface area (Å²) in [7, 11) is -3.06. The Morgan fingerprint density at radius 3 is 2.41 bits per heavy atom. The van der Waals surface area contributed by atoms with Crippen molar-refractivity contribution in [2.24, 2.45) is 23.7 Å². The smallest absolute Gasteiger partial charge is 0.220 e. The lowest BCUT2D eigenvalue weighted by atomic mass is 9.86. The number of rotatable bonds is 5. The molecule has 0 aromatic carbocycles. The summed E-state index contributed by atoms with van der Waals surface area (Å²) in [6.07, 6.45) is 8.97. The highest BCUT2D eigenvalue weighted by atomic mass is 32.2. The Balaban J connectivity index is 1.36. The standard InChI is InChI=1S/C16H28N2O3S/c1-22(20,21)18-6-4-12(5-7-18)11-17-16(19)10-15-9-13-2-3-14(15)8-13/h12-15H,2-11H2,1H3,(H,17,19)/t13-,14-,15+/m0/s1. The maximum Gasteiger partial charge on any atom is 0.220 e. The van der Waals surface area contributed by atoms with E-state index in [9.17, 15) is 13.2 Å². The second-order valence-electron chi connectivity index (χ2n) is 7.55. The average Bonchev–Trinajstić information content (AvgIpc) is 3.07. The summed E-state index contributed by atoms with van der Waals surface area (Å²) >= 11 is 0. The van der Waals surface area contributed by atoms with Crippen molar-refractivity contribution in [3.8, 4) is 0 Å². The van der Waals surface area contributed by atoms with Crippen LogP contribution in [0.15, 0.2) is 0 Å². The molecule has 1 heterocycles. The molecule has 0 unspecified atom stereocenters. The summed E-state index contributed by atoms with van der Waals surface area (Å²) in [5, 5.41) is 3.09. The van der Waals surface area contributed by atoms with Gasteiger partial charge in [0.25, 0.3) is 0 Å². The first-order valence-electron chi connectivity index (χ1n) is 8.63. The van der Waals surface area contributed by atoms with E-state index in [1.807, 2.05) is 0 Å². The quantitative estimate of drug-likeness (QED) is 0.833. The Morgan fingerprint density at radius 2 is 1.86 bits per heavy atom. The Kier molecular flexibility index (Phi) is 4.78. The Morgan fingerprint density at radius 1 is 1.14 bits per heavy atom. The molecule has 3 fully saturated rings. The molecule has 6 heteroatoms. The van der Waals surface area contributed by atoms with Crippen LogP contribution in [0.5, 0.6) is 0 Å². The van der Waals surface area contributed by atoms with E-state index in [4.69, 9.17) is 0 Å². The largest absolute Gasteiger partial charge is 0.356 e. The summed E-state index contributed by atoms with van der Waals surface area (Å²) in [6.45, 7) is 1.88. The molecule has 3 rings (SSSR count). The van der Waals surface area contributed by atoms with E-state index in [-0.39, 0.29) is 5.91 Å². The molecule has 3 aliphatic rings. The minimum atomic E-state index is -3.06. The first-order chi connectivity index (χ1) is 10.4. The van der Waals surface area contributed by atoms with E-state index in [1.165, 1.54) is 31.9 Å². The van der Waals surface area contributed by atoms with Gasteiger partial charge in [-0.2, -0.15) is 0 Å². The van der Waals surface area contributed by atoms with Crippen molar-refractivity contribution < 1.29 is 13.2 Å². The fourth-order valence-electron chi connectivity index (χ4n) is 4.64. The van der Waals surface area contributed by atoms with Gasteiger partial charge in [-0.1, -0.05) is 6.42 Å². The van der Waals surface area contributed by atoms with Crippen molar-refractivity contribution in [1.82, 2.24) is 9.62 Å². The highest BCUT2D eigenvalue weighted by Crippen LogP contribution is 2.49. The van der Waals surface area contributed by atoms with Crippen LogP contribution in [0.1, 0.15) is 44.9 Å². The normalized spacial score (nSPS) is 33.2. The van der Waals surface area contributed by atoms with Gasteiger partial charge in [0.2, 0.25) is 15.9 Å². The molecule has 2 saturated carbocycles. The summed E-state index contributed by atoms with van der Waals surface area (Å²) in [5.74, 6) is 2.92. The van der Waals surface area contributed by atoms with Crippen LogP contribution in [0, 0.1) is 23.7 Å². The molecule has 0 spiro atoms. The van der Waals surface area contributed by atoms with Crippen LogP contribution in [0.4, 0.5) is 0 Å². The predicted octanol–water partition coefficient (Wildman–Crippen LogP) is 1.60. The monoisotopic (exact) mass is 328 g/mol. The Labute approximate surface area is 133 Å². The summed E-state index contributed by atoms with van der Waals surface area (Å²) in [6, 6.07) is 0. The predicted molar refractivity (Wildman–Crippen MR) is 85.7 cm³/mol. The minimum Gasteiger partial charge on any atom is -0.356 e. The van der Waals surface area contributed by atoms with Crippen molar-refractivity contribution >= 4 is 15.9 Å². The summed E-state index contributed by atoms with van der Waals surface area (Å²) < 4.78 is 24.5. The number of piperidine rings is 1. The van der Waals surface area contributed by atoms with Crippen LogP contribution in [0.25, 0.3) is 0 Å². The van der Waals surface area contributed by atoms with Gasteiger partial charge >= 0.3 is 0 Å². The number of nitrogens with zero attached hydrogens (tertiary/aromatic N) is 1. The van der Waals surface area contributed by atoms with Crippen molar-refractivity contribution in [3.05, 3.63) is 0 Å². The zero-order valence-electron chi connectivity index (χ0n) is 13.5. The van der Waals surface area contributed by atoms with Crippen molar-refractivity contribution in [2.75, 3.05) is 25.9 Å². The molecule has 0 aromatic heterocycles. The molecule has 126 valence electrons. The Bertz CT molecular complexity index is 511. The molecular weight excluding hydrogens is 300 g/mol. The molecular formula is C16H28N2O3S. The molecule has 2 bridgehead atoms. The maximum absolute atomic E-state index is 12.1. The van der Waals surface area contributed by atoms with E-state index in [0.717, 1.165) is 24.7 Å². The summed E-state index contributed by atoms with van der Waals surface area (Å²) in [4.78, 5) is 12.1. The maximum atomic E-state index is 12.1. The van der Waals surface area contributed by atoms with Crippen molar-refractivity contribution in [1.29, 1.82) is 0 Å². The second-order valence-corrected chi connectivity index (χ2v) is 9.53. The minimum absolute atomic E-state index is 0.197. The van der Waals surface area contributed by atoms with Gasteiger partial charge in [-0.15, -0.1) is 0 Å². The lowest BCUT2D eigenvalue weighted by molar-refractivity contribution is -0.122. The third-order valence-electron chi connectivity index (χ3n) is 5.96. The van der Waals surface area contributed by atoms with Crippen LogP contribution in [-0.2, 0) is 14.8 Å². The zero-order valence-corrected chi connectivity index (χ0v) is 14.3. The molecule has 22 heavy (non-hydrogen) atoms. The van der Waals surface area contributed by atoms with E-state index < -0.39 is 10.0 Å². The molecule has 3 atom stereocenters. The second kappa shape index (κ2) is 6.48. The van der Waals surface area contributed by atoms with Gasteiger partial charge in [0.05, 0.1) is 6.26 Å². The number of hydrogen-bond acceptors (Lipinski definition) is 3. The van der Waals surface area contributed by atoms with E-state index in [2.05, 4.69) is 5.32 Å². The van der Waals surface area contributed by atoms with Crippen LogP contribution < -0.4 is 5.32 Å². The molecule has 0 aromatic rings. The number of sulfonamides is 1. The first-order valence-corrected chi connectivity index (χ1v) is 10.5. The lowest BCUT2D eigenvalue weighted by Crippen LogP contribution is -2.41. The SMILES string of the molecule is CS(=O)(=O)N1CCC(CNC(=O)C[C@H]2C[C@H]3CC[C@H]2C3)CC1. The van der Waals surface area contributed by atoms with E-state index in [0.29, 0.717) is 37.9 Å². The van der Waals surface area contributed by atoms with Crippen molar-refractivity contribution in [2.45, 2.75) is 44.9 Å². The van der Waals surface area contributed by atoms with E-state index in [1.54, 1.807) is 4.31 Å². The fraction of sp³-hybridized carbons (Fsp3) is 0.938. The molecule has 1 saturated heterocycles. The zero-order chi connectivity index (χ0) is 15.7. The number of carbonyl (C=O) groups is 1. The molecule has 1 amide bonds. The van der Waals surface area contributed by atoms with Crippen LogP contribution in [0.3, 0.4) is 0 Å². The summed E-state index contributed by atoms with van der Waals surface area (Å²) in [5.41, 5.74) is 0. The first kappa shape index (κ1) is 16.2. The molecule has 2 aliphatic carbocycles. The topological polar surface area (TPSA) is 66.5 Å². The molecule has 1 aliphatic heterocycles. The van der Waals surface area contributed by atoms with Gasteiger partial charge in [0, 0.05) is 26.1 Å². The number of carbonyl (C=O) groups excluding carboxylic acids is 1. The van der Waals surface area contributed by atoms with Gasteiger partial charge in [0.15, 0.2) is 0 Å². The van der Waals surface area contributed by atoms with Gasteiger partial charge in [-0.3, -0.25) is 4.79 Å². The van der Waals surface area contributed by atoms with Gasteiger partial charge in [-0.05, 0) is 55.8 Å². The number of fused-ring (bicyclic) bond motifs is 2. The fourth-order valence-corrected chi connectivity index (χ4v) is 5.51. The van der Waals surface area contributed by atoms with Crippen LogP contribution in [0.2, 0.25) is 0 Å². The van der Waals surface area contributed by atoms with Gasteiger partial charge in [-0.25, -0.2) is 12.7 Å². The molecule has 5 nitrogen and oxygen atoms in total. The van der Waals surface area contributed by atoms with Gasteiger partial charge < -0.3 is 5.32 Å². The third kappa shape index (κ3) is 3.82. The number of amides is 1. The van der Waals surface area contributed by atoms with Crippen LogP contribution in [-0.4, -0.2) is 44.5 Å². The Hall–Kier alpha value is -0.620. The van der Waals surface area contributed by atoms with E-state index >= 15 is 0 Å². The highest BCUT2D eigenvalue weighted by Gasteiger charge is 2.40. The highest BCUT2D eigenvalue weighted by molar-refractivity contribution is 7.88. The lowest BCUT2D eigenvalue weighted by Gasteiger charge is -2.30. The molecule has 0 radical (unpaired) electrons. The van der Waals surface area contributed by atoms with Crippen LogP contribution >= 0.6 is 0 Å². The average molecular weight is 328 g/mol. The van der Waals surface area contributed by atoms with Gasteiger partial charge in [0.1, 0.15) is 0 Å². The third-order valence-corrected chi connectivity index (χ3v) is 7.27.